The molecule has 0 aliphatic heterocycles. The Hall–Kier alpha value is -2.61. The molecule has 0 aromatic heterocycles. The molecule has 244 valence electrons. The van der Waals surface area contributed by atoms with Crippen LogP contribution in [0.3, 0.4) is 0 Å². The molecule has 2 aliphatic rings. The molecule has 0 bridgehead atoms. The van der Waals surface area contributed by atoms with Gasteiger partial charge in [0, 0.05) is 23.4 Å². The molecule has 2 fully saturated rings. The fourth-order valence-electron chi connectivity index (χ4n) is 6.20. The molecule has 0 saturated heterocycles. The zero-order chi connectivity index (χ0) is 32.5. The smallest absolute Gasteiger partial charge is 0.315 e. The minimum Gasteiger partial charge on any atom is -0.426 e. The van der Waals surface area contributed by atoms with E-state index in [1.54, 1.807) is 0 Å². The number of rotatable bonds is 9. The first kappa shape index (κ1) is 34.3. The Morgan fingerprint density at radius 1 is 0.841 bits per heavy atom. The van der Waals surface area contributed by atoms with Crippen molar-refractivity contribution in [3.05, 3.63) is 76.7 Å². The number of carbonyl (C=O) groups is 1. The van der Waals surface area contributed by atoms with Crippen molar-refractivity contribution in [2.45, 2.75) is 62.2 Å². The Kier molecular flexibility index (Phi) is 9.58. The third-order valence-corrected chi connectivity index (χ3v) is 10.3. The Morgan fingerprint density at radius 3 is 1.89 bits per heavy atom. The maximum Gasteiger partial charge on any atom is 0.315 e. The molecule has 2 aliphatic carbocycles. The predicted octanol–water partition coefficient (Wildman–Crippen LogP) is 11.9. The first-order valence-corrected chi connectivity index (χ1v) is 16.8. The average Bonchev–Trinajstić information content (AvgIpc) is 2.93. The summed E-state index contributed by atoms with van der Waals surface area (Å²) in [7, 11) is -10.6. The zero-order valence-electron chi connectivity index (χ0n) is 23.3. The monoisotopic (exact) mass is 676 g/mol. The lowest BCUT2D eigenvalue weighted by Gasteiger charge is -2.40. The highest BCUT2D eigenvalue weighted by atomic mass is 32.5. The lowest BCUT2D eigenvalue weighted by Crippen LogP contribution is -2.30. The molecule has 0 amide bonds. The summed E-state index contributed by atoms with van der Waals surface area (Å²) in [5, 5.41) is -1.05. The number of hydrogen-bond acceptors (Lipinski definition) is 3. The van der Waals surface area contributed by atoms with Gasteiger partial charge in [-0.2, -0.15) is 4.39 Å². The van der Waals surface area contributed by atoms with Crippen molar-refractivity contribution < 1.29 is 50.9 Å². The van der Waals surface area contributed by atoms with Crippen LogP contribution in [0.4, 0.5) is 41.4 Å². The number of halogens is 10. The van der Waals surface area contributed by atoms with Crippen LogP contribution >= 0.6 is 22.0 Å². The normalized spacial score (nSPS) is 25.0. The number of hydrogen-bond donors (Lipinski definition) is 0. The van der Waals surface area contributed by atoms with Gasteiger partial charge in [0.2, 0.25) is 0 Å². The van der Waals surface area contributed by atoms with Gasteiger partial charge in [-0.1, -0.05) is 49.4 Å². The second-order valence-electron chi connectivity index (χ2n) is 11.3. The zero-order valence-corrected chi connectivity index (χ0v) is 24.9. The number of carbonyl (C=O) groups excluding carboxylic acids is 1. The van der Waals surface area contributed by atoms with E-state index in [4.69, 9.17) is 4.74 Å². The second kappa shape index (κ2) is 12.3. The van der Waals surface area contributed by atoms with Crippen molar-refractivity contribution in [2.24, 2.45) is 17.8 Å². The highest BCUT2D eigenvalue weighted by Crippen LogP contribution is 3.02. The molecule has 0 radical (unpaired) electrons. The molecule has 0 atom stereocenters. The summed E-state index contributed by atoms with van der Waals surface area (Å²) in [4.78, 5) is 9.26. The van der Waals surface area contributed by atoms with Gasteiger partial charge in [-0.05, 0) is 80.8 Å². The first-order chi connectivity index (χ1) is 20.4. The molecular weight excluding hydrogens is 646 g/mol. The van der Waals surface area contributed by atoms with Gasteiger partial charge in [0.05, 0.1) is 5.92 Å². The van der Waals surface area contributed by atoms with E-state index in [9.17, 15) is 46.2 Å². The van der Waals surface area contributed by atoms with Crippen molar-refractivity contribution in [3.63, 3.8) is 0 Å². The molecule has 2 aromatic carbocycles. The summed E-state index contributed by atoms with van der Waals surface area (Å²) in [6.45, 7) is 3.44. The minimum absolute atomic E-state index is 0.0798. The van der Waals surface area contributed by atoms with Crippen molar-refractivity contribution in [2.75, 3.05) is 5.75 Å². The lowest BCUT2D eigenvalue weighted by atomic mass is 9.68. The fourth-order valence-corrected chi connectivity index (χ4v) is 7.56. The second-order valence-corrected chi connectivity index (χ2v) is 14.6. The van der Waals surface area contributed by atoms with Gasteiger partial charge >= 0.3 is 16.2 Å². The average molecular weight is 677 g/mol. The van der Waals surface area contributed by atoms with Gasteiger partial charge in [0.25, 0.3) is 0 Å². The summed E-state index contributed by atoms with van der Waals surface area (Å²) in [5.41, 5.74) is 0.257. The third-order valence-electron chi connectivity index (χ3n) is 8.31. The van der Waals surface area contributed by atoms with E-state index in [1.165, 1.54) is 18.2 Å². The minimum atomic E-state index is -10.6. The number of ether oxygens (including phenoxy) is 1. The van der Waals surface area contributed by atoms with Gasteiger partial charge in [-0.15, -0.1) is 6.58 Å². The molecule has 4 rings (SSSR count). The topological polar surface area (TPSA) is 26.3 Å². The molecule has 2 aromatic rings. The van der Waals surface area contributed by atoms with Crippen molar-refractivity contribution in [1.82, 2.24) is 0 Å². The van der Waals surface area contributed by atoms with E-state index in [2.05, 4.69) is 6.58 Å². The quantitative estimate of drug-likeness (QED) is 0.114. The van der Waals surface area contributed by atoms with E-state index >= 15 is 0 Å². The molecule has 0 heterocycles. The number of thioether (sulfide) groups is 1. The first-order valence-electron chi connectivity index (χ1n) is 13.9. The largest absolute Gasteiger partial charge is 0.426 e. The molecule has 0 unspecified atom stereocenters. The van der Waals surface area contributed by atoms with Gasteiger partial charge in [0.15, 0.2) is 27.5 Å². The van der Waals surface area contributed by atoms with Gasteiger partial charge in [-0.3, -0.25) is 4.79 Å². The van der Waals surface area contributed by atoms with Crippen molar-refractivity contribution in [3.8, 4) is 5.75 Å². The third kappa shape index (κ3) is 8.15. The van der Waals surface area contributed by atoms with Crippen LogP contribution in [0.2, 0.25) is 0 Å². The molecule has 44 heavy (non-hydrogen) atoms. The highest BCUT2D eigenvalue weighted by molar-refractivity contribution is 8.45. The Balaban J connectivity index is 1.29. The Bertz CT molecular complexity index is 1420. The predicted molar refractivity (Wildman–Crippen MR) is 152 cm³/mol. The van der Waals surface area contributed by atoms with E-state index < -0.39 is 61.2 Å². The lowest BCUT2D eigenvalue weighted by molar-refractivity contribution is -0.140. The summed E-state index contributed by atoms with van der Waals surface area (Å²) in [6, 6.07) is 3.68. The Morgan fingerprint density at radius 2 is 1.39 bits per heavy atom. The molecule has 2 nitrogen and oxygen atoms in total. The highest BCUT2D eigenvalue weighted by Gasteiger charge is 2.69. The SMILES string of the molecule is C=CCSC(F)=C(F)c1ccc(C2CCC(C3CCC(C(=O)Oc4cc(F)c(S(F)(F)(F)(F)F)c(F)c4)CC3)CC2)c(F)c1. The fraction of sp³-hybridized carbons (Fsp3) is 0.433. The number of benzene rings is 2. The summed E-state index contributed by atoms with van der Waals surface area (Å²) in [6.07, 6.45) is 6.29. The Labute approximate surface area is 252 Å². The summed E-state index contributed by atoms with van der Waals surface area (Å²) >= 11 is 0.623. The van der Waals surface area contributed by atoms with Crippen LogP contribution in [0, 0.1) is 35.2 Å². The summed E-state index contributed by atoms with van der Waals surface area (Å²) in [5.74, 6) is -8.81. The van der Waals surface area contributed by atoms with E-state index in [1.807, 2.05) is 0 Å². The van der Waals surface area contributed by atoms with Crippen molar-refractivity contribution in [1.29, 1.82) is 0 Å². The molecule has 14 heteroatoms. The number of esters is 1. The van der Waals surface area contributed by atoms with Gasteiger partial charge in [-0.25, -0.2) is 17.6 Å². The van der Waals surface area contributed by atoms with Crippen LogP contribution < -0.4 is 4.74 Å². The van der Waals surface area contributed by atoms with Crippen LogP contribution in [0.25, 0.3) is 5.83 Å². The van der Waals surface area contributed by atoms with Crippen LogP contribution in [-0.2, 0) is 4.79 Å². The van der Waals surface area contributed by atoms with Crippen LogP contribution in [0.5, 0.6) is 5.75 Å². The van der Waals surface area contributed by atoms with Crippen molar-refractivity contribution >= 4 is 33.8 Å². The maximum absolute atomic E-state index is 14.9. The van der Waals surface area contributed by atoms with Gasteiger partial charge in [0.1, 0.15) is 11.6 Å². The van der Waals surface area contributed by atoms with E-state index in [0.717, 1.165) is 18.9 Å². The molecule has 0 N–H and O–H groups in total. The molecule has 0 spiro atoms. The molecule has 2 saturated carbocycles. The summed E-state index contributed by atoms with van der Waals surface area (Å²) < 4.78 is 140. The van der Waals surface area contributed by atoms with Crippen LogP contribution in [-0.4, -0.2) is 11.7 Å². The maximum atomic E-state index is 14.9. The molecular formula is C30H30F10O2S2. The van der Waals surface area contributed by atoms with Gasteiger partial charge < -0.3 is 4.74 Å². The van der Waals surface area contributed by atoms with E-state index in [0.29, 0.717) is 61.8 Å². The van der Waals surface area contributed by atoms with Crippen LogP contribution in [0.15, 0.2) is 53.0 Å². The van der Waals surface area contributed by atoms with Crippen LogP contribution in [0.1, 0.15) is 68.4 Å². The van der Waals surface area contributed by atoms with E-state index in [-0.39, 0.29) is 35.3 Å². The standard InChI is InChI=1S/C30H30F10O2S2/c1-2-13-43-29(35)27(34)21-11-12-23(24(31)14-21)19-7-3-17(4-8-19)18-5-9-20(10-6-18)30(41)42-22-15-25(32)28(26(33)16-22)44(36,37,38,39)40/h2,11-12,14-20H,1,3-10,13H2.